The first kappa shape index (κ1) is 24.8. The van der Waals surface area contributed by atoms with Gasteiger partial charge in [0.05, 0.1) is 12.8 Å². The molecule has 2 N–H and O–H groups in total. The molecule has 1 fully saturated rings. The second kappa shape index (κ2) is 10.6. The van der Waals surface area contributed by atoms with E-state index in [-0.39, 0.29) is 18.0 Å². The molecule has 0 radical (unpaired) electrons. The van der Waals surface area contributed by atoms with Crippen LogP contribution >= 0.6 is 0 Å². The number of hydrogen-bond acceptors (Lipinski definition) is 5. The second-order valence-corrected chi connectivity index (χ2v) is 8.92. The number of hydrogen-bond donors (Lipinski definition) is 2. The van der Waals surface area contributed by atoms with Gasteiger partial charge in [-0.05, 0) is 60.5 Å². The first-order chi connectivity index (χ1) is 18.4. The van der Waals surface area contributed by atoms with Crippen molar-refractivity contribution in [3.63, 3.8) is 0 Å². The molecule has 9 heteroatoms. The summed E-state index contributed by atoms with van der Waals surface area (Å²) in [4.78, 5) is 40.1. The molecule has 3 aromatic carbocycles. The molecular weight excluding hydrogens is 489 g/mol. The number of ether oxygens (including phenoxy) is 1. The molecule has 4 aromatic rings. The summed E-state index contributed by atoms with van der Waals surface area (Å²) in [5, 5.41) is 5.43. The number of rotatable bonds is 7. The van der Waals surface area contributed by atoms with E-state index >= 15 is 0 Å². The van der Waals surface area contributed by atoms with E-state index in [0.29, 0.717) is 11.3 Å². The first-order valence-electron chi connectivity index (χ1n) is 11.9. The first-order valence-corrected chi connectivity index (χ1v) is 11.9. The van der Waals surface area contributed by atoms with Gasteiger partial charge in [-0.1, -0.05) is 48.0 Å². The van der Waals surface area contributed by atoms with Crippen LogP contribution in [0.25, 0.3) is 0 Å². The predicted octanol–water partition coefficient (Wildman–Crippen LogP) is 5.68. The van der Waals surface area contributed by atoms with Crippen LogP contribution in [0, 0.1) is 12.7 Å². The predicted molar refractivity (Wildman–Crippen MR) is 138 cm³/mol. The minimum absolute atomic E-state index is 0.147. The van der Waals surface area contributed by atoms with Gasteiger partial charge in [0, 0.05) is 11.4 Å². The molecule has 0 bridgehead atoms. The van der Waals surface area contributed by atoms with Crippen molar-refractivity contribution in [2.45, 2.75) is 25.6 Å². The molecule has 3 amide bonds. The summed E-state index contributed by atoms with van der Waals surface area (Å²) in [5.41, 5.74) is 3.21. The molecule has 2 heterocycles. The maximum atomic E-state index is 13.7. The van der Waals surface area contributed by atoms with Crippen LogP contribution in [-0.2, 0) is 16.1 Å². The third-order valence-corrected chi connectivity index (χ3v) is 6.16. The van der Waals surface area contributed by atoms with Crippen LogP contribution in [0.1, 0.15) is 33.3 Å². The van der Waals surface area contributed by atoms with Gasteiger partial charge in [-0.3, -0.25) is 14.5 Å². The number of nitrogens with zero attached hydrogens (tertiary/aromatic N) is 1. The number of cyclic esters (lactones) is 1. The minimum Gasteiger partial charge on any atom is -0.459 e. The lowest BCUT2D eigenvalue weighted by molar-refractivity contribution is -0.121. The third kappa shape index (κ3) is 5.41. The van der Waals surface area contributed by atoms with Crippen LogP contribution in [0.2, 0.25) is 0 Å². The van der Waals surface area contributed by atoms with Crippen molar-refractivity contribution in [2.75, 3.05) is 10.6 Å². The summed E-state index contributed by atoms with van der Waals surface area (Å²) in [7, 11) is 0. The van der Waals surface area contributed by atoms with Crippen LogP contribution in [0.3, 0.4) is 0 Å². The normalized spacial score (nSPS) is 16.7. The second-order valence-electron chi connectivity index (χ2n) is 8.92. The standard InChI is InChI=1S/C29H24FN3O5/c1-18-7-9-19(10-8-18)17-33-25(28(35)32-23-5-2-4-21(30)16-23)26(38-29(33)36)20-11-13-22(14-12-20)31-27(34)24-6-3-15-37-24/h2-16,25-26H,17H2,1H3,(H,31,34)(H,32,35)/t25-,26+/m1/s1. The van der Waals surface area contributed by atoms with Gasteiger partial charge in [0.1, 0.15) is 5.82 Å². The van der Waals surface area contributed by atoms with E-state index in [1.54, 1.807) is 42.5 Å². The molecule has 1 saturated heterocycles. The lowest BCUT2D eigenvalue weighted by Crippen LogP contribution is -2.43. The fraction of sp³-hybridized carbons (Fsp3) is 0.138. The number of carbonyl (C=O) groups is 3. The van der Waals surface area contributed by atoms with E-state index in [1.807, 2.05) is 31.2 Å². The third-order valence-electron chi connectivity index (χ3n) is 6.16. The van der Waals surface area contributed by atoms with Gasteiger partial charge >= 0.3 is 6.09 Å². The van der Waals surface area contributed by atoms with Gasteiger partial charge in [0.2, 0.25) is 0 Å². The Morgan fingerprint density at radius 3 is 2.37 bits per heavy atom. The van der Waals surface area contributed by atoms with Crippen LogP contribution < -0.4 is 10.6 Å². The highest BCUT2D eigenvalue weighted by atomic mass is 19.1. The number of furan rings is 1. The topological polar surface area (TPSA) is 101 Å². The lowest BCUT2D eigenvalue weighted by atomic mass is 10.00. The lowest BCUT2D eigenvalue weighted by Gasteiger charge is -2.24. The van der Waals surface area contributed by atoms with E-state index in [4.69, 9.17) is 9.15 Å². The van der Waals surface area contributed by atoms with Gasteiger partial charge in [0.25, 0.3) is 11.8 Å². The molecular formula is C29H24FN3O5. The number of anilines is 2. The number of amides is 3. The monoisotopic (exact) mass is 513 g/mol. The van der Waals surface area contributed by atoms with Gasteiger partial charge in [-0.2, -0.15) is 0 Å². The summed E-state index contributed by atoms with van der Waals surface area (Å²) >= 11 is 0. The summed E-state index contributed by atoms with van der Waals surface area (Å²) < 4.78 is 24.5. The Bertz CT molecular complexity index is 1450. The molecule has 192 valence electrons. The Labute approximate surface area is 218 Å². The molecule has 5 rings (SSSR count). The van der Waals surface area contributed by atoms with E-state index < -0.39 is 35.9 Å². The van der Waals surface area contributed by atoms with Crippen LogP contribution in [0.5, 0.6) is 0 Å². The highest BCUT2D eigenvalue weighted by Gasteiger charge is 2.47. The number of benzene rings is 3. The van der Waals surface area contributed by atoms with Crippen molar-refractivity contribution in [3.05, 3.63) is 119 Å². The van der Waals surface area contributed by atoms with Crippen LogP contribution in [0.15, 0.2) is 95.6 Å². The maximum Gasteiger partial charge on any atom is 0.411 e. The Balaban J connectivity index is 1.40. The zero-order valence-corrected chi connectivity index (χ0v) is 20.4. The zero-order chi connectivity index (χ0) is 26.6. The molecule has 1 aliphatic rings. The molecule has 38 heavy (non-hydrogen) atoms. The van der Waals surface area contributed by atoms with Crippen LogP contribution in [0.4, 0.5) is 20.6 Å². The van der Waals surface area contributed by atoms with E-state index in [9.17, 15) is 18.8 Å². The quantitative estimate of drug-likeness (QED) is 0.331. The summed E-state index contributed by atoms with van der Waals surface area (Å²) in [6.45, 7) is 2.11. The van der Waals surface area contributed by atoms with Crippen molar-refractivity contribution < 1.29 is 27.9 Å². The largest absolute Gasteiger partial charge is 0.459 e. The molecule has 2 atom stereocenters. The summed E-state index contributed by atoms with van der Waals surface area (Å²) in [6, 6.07) is 21.9. The van der Waals surface area contributed by atoms with Crippen molar-refractivity contribution in [2.24, 2.45) is 0 Å². The van der Waals surface area contributed by atoms with Gasteiger partial charge in [0.15, 0.2) is 17.9 Å². The summed E-state index contributed by atoms with van der Waals surface area (Å²) in [6.07, 6.45) is -0.175. The van der Waals surface area contributed by atoms with E-state index in [0.717, 1.165) is 11.1 Å². The Kier molecular flexibility index (Phi) is 6.90. The fourth-order valence-corrected chi connectivity index (χ4v) is 4.24. The Morgan fingerprint density at radius 2 is 1.68 bits per heavy atom. The smallest absolute Gasteiger partial charge is 0.411 e. The molecule has 0 saturated carbocycles. The van der Waals surface area contributed by atoms with Crippen LogP contribution in [-0.4, -0.2) is 28.8 Å². The molecule has 1 aliphatic heterocycles. The van der Waals surface area contributed by atoms with Gasteiger partial charge < -0.3 is 19.8 Å². The van der Waals surface area contributed by atoms with Gasteiger partial charge in [-0.15, -0.1) is 0 Å². The zero-order valence-electron chi connectivity index (χ0n) is 20.4. The Morgan fingerprint density at radius 1 is 0.921 bits per heavy atom. The SMILES string of the molecule is Cc1ccc(CN2C(=O)O[C@@H](c3ccc(NC(=O)c4ccco4)cc3)[C@@H]2C(=O)Nc2cccc(F)c2)cc1. The average molecular weight is 514 g/mol. The molecule has 0 unspecified atom stereocenters. The van der Waals surface area contributed by atoms with Crippen molar-refractivity contribution in [1.29, 1.82) is 0 Å². The molecule has 0 spiro atoms. The molecule has 0 aliphatic carbocycles. The van der Waals surface area contributed by atoms with Gasteiger partial charge in [-0.25, -0.2) is 9.18 Å². The highest BCUT2D eigenvalue weighted by Crippen LogP contribution is 2.35. The average Bonchev–Trinajstić information content (AvgIpc) is 3.55. The van der Waals surface area contributed by atoms with Crippen molar-refractivity contribution in [1.82, 2.24) is 4.90 Å². The highest BCUT2D eigenvalue weighted by molar-refractivity contribution is 6.02. The van der Waals surface area contributed by atoms with E-state index in [1.165, 1.54) is 29.4 Å². The van der Waals surface area contributed by atoms with Crippen molar-refractivity contribution >= 4 is 29.3 Å². The summed E-state index contributed by atoms with van der Waals surface area (Å²) in [5.74, 6) is -1.26. The molecule has 1 aromatic heterocycles. The number of carbonyl (C=O) groups excluding carboxylic acids is 3. The number of nitrogens with one attached hydrogen (secondary N) is 2. The van der Waals surface area contributed by atoms with Crippen molar-refractivity contribution in [3.8, 4) is 0 Å². The fourth-order valence-electron chi connectivity index (χ4n) is 4.24. The van der Waals surface area contributed by atoms with E-state index in [2.05, 4.69) is 10.6 Å². The molecule has 8 nitrogen and oxygen atoms in total. The minimum atomic E-state index is -1.03. The number of halogens is 1. The number of aryl methyl sites for hydroxylation is 1. The maximum absolute atomic E-state index is 13.7. The Hall–Kier alpha value is -4.92.